The normalized spacial score (nSPS) is 17.9. The Morgan fingerprint density at radius 1 is 0.833 bits per heavy atom. The van der Waals surface area contributed by atoms with Gasteiger partial charge in [0.25, 0.3) is 11.8 Å². The maximum absolute atomic E-state index is 13.4. The summed E-state index contributed by atoms with van der Waals surface area (Å²) in [6.45, 7) is 8.94. The zero-order valence-corrected chi connectivity index (χ0v) is 17.8. The number of rotatable bonds is 6. The zero-order valence-electron chi connectivity index (χ0n) is 17.8. The molecule has 5 nitrogen and oxygen atoms in total. The Balaban J connectivity index is 1.63. The molecule has 0 spiro atoms. The Bertz CT molecular complexity index is 942. The summed E-state index contributed by atoms with van der Waals surface area (Å²) in [5, 5.41) is 0. The summed E-state index contributed by atoms with van der Waals surface area (Å²) in [4.78, 5) is 32.8. The van der Waals surface area contributed by atoms with Gasteiger partial charge in [-0.2, -0.15) is 0 Å². The van der Waals surface area contributed by atoms with Crippen molar-refractivity contribution in [1.82, 2.24) is 14.7 Å². The molecule has 156 valence electrons. The largest absolute Gasteiger partial charge is 0.364 e. The molecule has 2 aromatic rings. The lowest BCUT2D eigenvalue weighted by molar-refractivity contribution is -0.137. The molecule has 2 heterocycles. The molecular formula is C25H29N3O2. The number of likely N-dealkylation sites (N-methyl/N-ethyl adjacent to an activating group) is 1. The summed E-state index contributed by atoms with van der Waals surface area (Å²) >= 11 is 0. The van der Waals surface area contributed by atoms with Gasteiger partial charge in [-0.3, -0.25) is 14.5 Å². The van der Waals surface area contributed by atoms with Crippen molar-refractivity contribution in [2.75, 3.05) is 39.3 Å². The van der Waals surface area contributed by atoms with Crippen molar-refractivity contribution in [2.45, 2.75) is 20.3 Å². The lowest BCUT2D eigenvalue weighted by Crippen LogP contribution is -2.47. The average Bonchev–Trinajstić information content (AvgIpc) is 3.03. The van der Waals surface area contributed by atoms with E-state index >= 15 is 0 Å². The van der Waals surface area contributed by atoms with E-state index in [-0.39, 0.29) is 11.8 Å². The molecule has 0 saturated carbocycles. The van der Waals surface area contributed by atoms with Crippen LogP contribution in [0.15, 0.2) is 60.3 Å². The Labute approximate surface area is 178 Å². The summed E-state index contributed by atoms with van der Waals surface area (Å²) in [7, 11) is 0. The zero-order chi connectivity index (χ0) is 21.1. The predicted octanol–water partition coefficient (Wildman–Crippen LogP) is 2.96. The molecule has 0 aromatic heterocycles. The molecule has 2 aliphatic rings. The number of hydrogen-bond acceptors (Lipinski definition) is 4. The lowest BCUT2D eigenvalue weighted by atomic mass is 10.0. The van der Waals surface area contributed by atoms with Crippen molar-refractivity contribution < 1.29 is 9.59 Å². The number of aryl methyl sites for hydroxylation is 1. The van der Waals surface area contributed by atoms with Crippen LogP contribution in [0.5, 0.6) is 0 Å². The molecule has 30 heavy (non-hydrogen) atoms. The molecule has 1 saturated heterocycles. The summed E-state index contributed by atoms with van der Waals surface area (Å²) in [5.74, 6) is -0.329. The number of amides is 2. The predicted molar refractivity (Wildman–Crippen MR) is 119 cm³/mol. The second kappa shape index (κ2) is 8.84. The highest BCUT2D eigenvalue weighted by Crippen LogP contribution is 2.32. The number of imide groups is 1. The first-order valence-corrected chi connectivity index (χ1v) is 10.8. The first-order valence-electron chi connectivity index (χ1n) is 10.8. The highest BCUT2D eigenvalue weighted by atomic mass is 16.2. The second-order valence-electron chi connectivity index (χ2n) is 8.01. The van der Waals surface area contributed by atoms with Crippen molar-refractivity contribution >= 4 is 17.4 Å². The summed E-state index contributed by atoms with van der Waals surface area (Å²) in [5.41, 5.74) is 4.22. The summed E-state index contributed by atoms with van der Waals surface area (Å²) < 4.78 is 0. The fourth-order valence-electron chi connectivity index (χ4n) is 4.21. The van der Waals surface area contributed by atoms with Crippen LogP contribution in [0.2, 0.25) is 0 Å². The van der Waals surface area contributed by atoms with E-state index in [0.717, 1.165) is 49.4 Å². The molecular weight excluding hydrogens is 374 g/mol. The molecule has 1 fully saturated rings. The van der Waals surface area contributed by atoms with Crippen molar-refractivity contribution in [1.29, 1.82) is 0 Å². The van der Waals surface area contributed by atoms with Gasteiger partial charge in [0, 0.05) is 32.7 Å². The fraction of sp³-hybridized carbons (Fsp3) is 0.360. The third-order valence-corrected chi connectivity index (χ3v) is 6.09. The van der Waals surface area contributed by atoms with Crippen LogP contribution in [0.4, 0.5) is 0 Å². The van der Waals surface area contributed by atoms with Crippen molar-refractivity contribution in [3.05, 3.63) is 77.0 Å². The molecule has 0 unspecified atom stereocenters. The number of piperazine rings is 1. The molecule has 2 aliphatic heterocycles. The quantitative estimate of drug-likeness (QED) is 0.696. The molecule has 0 N–H and O–H groups in total. The molecule has 0 atom stereocenters. The monoisotopic (exact) mass is 403 g/mol. The van der Waals surface area contributed by atoms with Crippen LogP contribution < -0.4 is 0 Å². The van der Waals surface area contributed by atoms with Crippen LogP contribution in [0.25, 0.3) is 5.57 Å². The lowest BCUT2D eigenvalue weighted by Gasteiger charge is -2.36. The van der Waals surface area contributed by atoms with Crippen LogP contribution in [0.3, 0.4) is 0 Å². The minimum Gasteiger partial charge on any atom is -0.364 e. The van der Waals surface area contributed by atoms with Gasteiger partial charge in [-0.25, -0.2) is 0 Å². The maximum Gasteiger partial charge on any atom is 0.277 e. The molecule has 0 aliphatic carbocycles. The third-order valence-electron chi connectivity index (χ3n) is 6.09. The summed E-state index contributed by atoms with van der Waals surface area (Å²) in [6, 6.07) is 17.9. The van der Waals surface area contributed by atoms with Crippen molar-refractivity contribution in [2.24, 2.45) is 0 Å². The number of carbonyl (C=O) groups is 2. The van der Waals surface area contributed by atoms with Crippen LogP contribution >= 0.6 is 0 Å². The SMILES string of the molecule is CCN1CCN(C2=C(c3ccc(C)cc3)C(=O)N(CCc3ccccc3)C2=O)CC1. The van der Waals surface area contributed by atoms with E-state index in [1.807, 2.05) is 61.5 Å². The molecule has 0 bridgehead atoms. The van der Waals surface area contributed by atoms with Gasteiger partial charge in [0.1, 0.15) is 5.70 Å². The first kappa shape index (κ1) is 20.4. The first-order chi connectivity index (χ1) is 14.6. The highest BCUT2D eigenvalue weighted by molar-refractivity contribution is 6.35. The van der Waals surface area contributed by atoms with E-state index in [9.17, 15) is 9.59 Å². The smallest absolute Gasteiger partial charge is 0.277 e. The van der Waals surface area contributed by atoms with Gasteiger partial charge in [0.15, 0.2) is 0 Å². The maximum atomic E-state index is 13.4. The Hall–Kier alpha value is -2.92. The van der Waals surface area contributed by atoms with Gasteiger partial charge < -0.3 is 9.80 Å². The summed E-state index contributed by atoms with van der Waals surface area (Å²) in [6.07, 6.45) is 0.663. The van der Waals surface area contributed by atoms with Gasteiger partial charge in [-0.15, -0.1) is 0 Å². The average molecular weight is 404 g/mol. The highest BCUT2D eigenvalue weighted by Gasteiger charge is 2.41. The molecule has 0 radical (unpaired) electrons. The molecule has 5 heteroatoms. The minimum atomic E-state index is -0.173. The van der Waals surface area contributed by atoms with Crippen LogP contribution in [0, 0.1) is 6.92 Å². The number of carbonyl (C=O) groups excluding carboxylic acids is 2. The van der Waals surface area contributed by atoms with Gasteiger partial charge >= 0.3 is 0 Å². The van der Waals surface area contributed by atoms with Crippen LogP contribution in [-0.2, 0) is 16.0 Å². The Morgan fingerprint density at radius 2 is 1.50 bits per heavy atom. The third kappa shape index (κ3) is 4.03. The van der Waals surface area contributed by atoms with Gasteiger partial charge in [-0.05, 0) is 31.0 Å². The molecule has 2 amide bonds. The van der Waals surface area contributed by atoms with Crippen LogP contribution in [0.1, 0.15) is 23.6 Å². The number of benzene rings is 2. The standard InChI is InChI=1S/C25H29N3O2/c1-3-26-15-17-27(18-16-26)23-22(21-11-9-19(2)10-12-21)24(29)28(25(23)30)14-13-20-7-5-4-6-8-20/h4-12H,3,13-18H2,1-2H3. The fourth-order valence-corrected chi connectivity index (χ4v) is 4.21. The second-order valence-corrected chi connectivity index (χ2v) is 8.01. The Morgan fingerprint density at radius 3 is 2.13 bits per heavy atom. The topological polar surface area (TPSA) is 43.9 Å². The van der Waals surface area contributed by atoms with Gasteiger partial charge in [-0.1, -0.05) is 67.1 Å². The molecule has 2 aromatic carbocycles. The van der Waals surface area contributed by atoms with Gasteiger partial charge in [0.2, 0.25) is 0 Å². The van der Waals surface area contributed by atoms with E-state index in [1.54, 1.807) is 0 Å². The van der Waals surface area contributed by atoms with E-state index < -0.39 is 0 Å². The van der Waals surface area contributed by atoms with E-state index in [2.05, 4.69) is 16.7 Å². The number of hydrogen-bond donors (Lipinski definition) is 0. The van der Waals surface area contributed by atoms with E-state index in [1.165, 1.54) is 4.90 Å². The van der Waals surface area contributed by atoms with E-state index in [0.29, 0.717) is 24.2 Å². The van der Waals surface area contributed by atoms with E-state index in [4.69, 9.17) is 0 Å². The van der Waals surface area contributed by atoms with Crippen LogP contribution in [-0.4, -0.2) is 65.8 Å². The number of nitrogens with zero attached hydrogens (tertiary/aromatic N) is 3. The Kier molecular flexibility index (Phi) is 6.00. The van der Waals surface area contributed by atoms with Crippen molar-refractivity contribution in [3.8, 4) is 0 Å². The van der Waals surface area contributed by atoms with Crippen molar-refractivity contribution in [3.63, 3.8) is 0 Å². The minimum absolute atomic E-state index is 0.156. The van der Waals surface area contributed by atoms with Gasteiger partial charge in [0.05, 0.1) is 5.57 Å². The molecule has 4 rings (SSSR count).